The second-order valence-electron chi connectivity index (χ2n) is 5.59. The van der Waals surface area contributed by atoms with E-state index >= 15 is 0 Å². The number of hydrogen-bond donors (Lipinski definition) is 0. The first kappa shape index (κ1) is 15.4. The number of carbonyl (C=O) groups excluding carboxylic acids is 1. The van der Waals surface area contributed by atoms with Crippen molar-refractivity contribution >= 4 is 23.2 Å². The molecule has 0 radical (unpaired) electrons. The second-order valence-corrected chi connectivity index (χ2v) is 6.03. The first-order chi connectivity index (χ1) is 11.7. The van der Waals surface area contributed by atoms with Crippen molar-refractivity contribution in [2.45, 2.75) is 5.79 Å². The number of fused-ring (bicyclic) bond motifs is 2. The van der Waals surface area contributed by atoms with Gasteiger partial charge >= 0.3 is 0 Å². The van der Waals surface area contributed by atoms with Gasteiger partial charge in [0.15, 0.2) is 0 Å². The van der Waals surface area contributed by atoms with Gasteiger partial charge < -0.3 is 19.1 Å². The van der Waals surface area contributed by atoms with Crippen molar-refractivity contribution in [3.05, 3.63) is 59.1 Å². The van der Waals surface area contributed by atoms with E-state index in [4.69, 9.17) is 25.8 Å². The summed E-state index contributed by atoms with van der Waals surface area (Å²) in [4.78, 5) is 14.6. The van der Waals surface area contributed by atoms with E-state index < -0.39 is 5.79 Å². The highest BCUT2D eigenvalue weighted by Crippen LogP contribution is 2.46. The molecule has 1 spiro atoms. The van der Waals surface area contributed by atoms with Crippen LogP contribution in [0.5, 0.6) is 5.75 Å². The number of anilines is 1. The predicted molar refractivity (Wildman–Crippen MR) is 89.3 cm³/mol. The van der Waals surface area contributed by atoms with E-state index in [1.807, 2.05) is 36.4 Å². The first-order valence-corrected chi connectivity index (χ1v) is 8.16. The quantitative estimate of drug-likeness (QED) is 0.854. The molecule has 0 N–H and O–H groups in total. The van der Waals surface area contributed by atoms with Gasteiger partial charge in [-0.3, -0.25) is 4.79 Å². The maximum absolute atomic E-state index is 12.9. The van der Waals surface area contributed by atoms with Crippen molar-refractivity contribution < 1.29 is 19.0 Å². The number of hydrogen-bond acceptors (Lipinski definition) is 4. The van der Waals surface area contributed by atoms with Crippen LogP contribution in [-0.4, -0.2) is 32.3 Å². The molecule has 124 valence electrons. The minimum absolute atomic E-state index is 0.228. The Balaban J connectivity index is 1.57. The third-order valence-corrected chi connectivity index (χ3v) is 4.39. The van der Waals surface area contributed by atoms with E-state index in [0.29, 0.717) is 37.0 Å². The van der Waals surface area contributed by atoms with Crippen molar-refractivity contribution in [1.82, 2.24) is 0 Å². The summed E-state index contributed by atoms with van der Waals surface area (Å²) in [6.45, 7) is 1.53. The molecule has 0 atom stereocenters. The van der Waals surface area contributed by atoms with Crippen LogP contribution in [0.1, 0.15) is 5.56 Å². The van der Waals surface area contributed by atoms with Crippen molar-refractivity contribution in [2.24, 2.45) is 0 Å². The highest BCUT2D eigenvalue weighted by molar-refractivity contribution is 6.31. The molecular weight excluding hydrogens is 330 g/mol. The number of nitrogens with zero attached hydrogens (tertiary/aromatic N) is 1. The summed E-state index contributed by atoms with van der Waals surface area (Å²) in [5.41, 5.74) is 1.42. The van der Waals surface area contributed by atoms with Crippen LogP contribution in [0, 0.1) is 0 Å². The van der Waals surface area contributed by atoms with Crippen LogP contribution >= 0.6 is 11.6 Å². The van der Waals surface area contributed by atoms with E-state index in [2.05, 4.69) is 0 Å². The van der Waals surface area contributed by atoms with Crippen molar-refractivity contribution in [2.75, 3.05) is 31.3 Å². The minimum Gasteiger partial charge on any atom is -0.492 e. The molecule has 1 saturated heterocycles. The Morgan fingerprint density at radius 1 is 1.12 bits per heavy atom. The maximum atomic E-state index is 12.9. The fourth-order valence-electron chi connectivity index (χ4n) is 3.09. The number of para-hydroxylation sites is 1. The lowest BCUT2D eigenvalue weighted by molar-refractivity contribution is -0.180. The van der Waals surface area contributed by atoms with Crippen LogP contribution in [0.15, 0.2) is 48.5 Å². The molecular formula is C18H16ClNO4. The van der Waals surface area contributed by atoms with Gasteiger partial charge in [0, 0.05) is 10.6 Å². The number of carbonyl (C=O) groups is 1. The van der Waals surface area contributed by atoms with E-state index in [0.717, 1.165) is 11.4 Å². The molecule has 0 aliphatic carbocycles. The van der Waals surface area contributed by atoms with Gasteiger partial charge in [-0.2, -0.15) is 0 Å². The SMILES string of the molecule is O=C1N(CCOc2ccccc2)c2ccc(Cl)cc2C12OCCO2. The summed E-state index contributed by atoms with van der Waals surface area (Å²) in [6, 6.07) is 14.8. The van der Waals surface area contributed by atoms with Crippen LogP contribution in [0.4, 0.5) is 5.69 Å². The maximum Gasteiger partial charge on any atom is 0.292 e. The smallest absolute Gasteiger partial charge is 0.292 e. The lowest BCUT2D eigenvalue weighted by Crippen LogP contribution is -2.42. The molecule has 4 rings (SSSR count). The Bertz CT molecular complexity index is 759. The number of ether oxygens (including phenoxy) is 3. The van der Waals surface area contributed by atoms with E-state index in [-0.39, 0.29) is 5.91 Å². The molecule has 1 fully saturated rings. The van der Waals surface area contributed by atoms with Crippen molar-refractivity contribution in [3.8, 4) is 5.75 Å². The van der Waals surface area contributed by atoms with Crippen LogP contribution in [0.3, 0.4) is 0 Å². The molecule has 6 heteroatoms. The summed E-state index contributed by atoms with van der Waals surface area (Å²) < 4.78 is 17.1. The summed E-state index contributed by atoms with van der Waals surface area (Å²) in [5.74, 6) is -0.815. The summed E-state index contributed by atoms with van der Waals surface area (Å²) >= 11 is 6.10. The topological polar surface area (TPSA) is 48.0 Å². The zero-order valence-corrected chi connectivity index (χ0v) is 13.7. The molecule has 24 heavy (non-hydrogen) atoms. The Morgan fingerprint density at radius 2 is 1.88 bits per heavy atom. The zero-order valence-electron chi connectivity index (χ0n) is 12.9. The third-order valence-electron chi connectivity index (χ3n) is 4.15. The second kappa shape index (κ2) is 6.09. The molecule has 2 heterocycles. The first-order valence-electron chi connectivity index (χ1n) is 7.78. The standard InChI is InChI=1S/C18H16ClNO4/c19-13-6-7-16-15(12-13)18(23-10-11-24-18)17(21)20(16)8-9-22-14-4-2-1-3-5-14/h1-7,12H,8-11H2. The Kier molecular flexibility index (Phi) is 3.92. The summed E-state index contributed by atoms with van der Waals surface area (Å²) in [5, 5.41) is 0.544. The lowest BCUT2D eigenvalue weighted by Gasteiger charge is -2.22. The van der Waals surface area contributed by atoms with Crippen LogP contribution in [0.25, 0.3) is 0 Å². The van der Waals surface area contributed by atoms with Gasteiger partial charge in [-0.25, -0.2) is 0 Å². The molecule has 0 bridgehead atoms. The van der Waals surface area contributed by atoms with Crippen LogP contribution in [-0.2, 0) is 20.1 Å². The van der Waals surface area contributed by atoms with Gasteiger partial charge in [0.05, 0.1) is 25.4 Å². The average Bonchev–Trinajstić information content (AvgIpc) is 3.17. The minimum atomic E-state index is -1.35. The molecule has 2 aliphatic heterocycles. The van der Waals surface area contributed by atoms with Gasteiger partial charge in [0.1, 0.15) is 12.4 Å². The normalized spacial score (nSPS) is 18.2. The van der Waals surface area contributed by atoms with E-state index in [1.54, 1.807) is 17.0 Å². The highest BCUT2D eigenvalue weighted by atomic mass is 35.5. The molecule has 2 aromatic rings. The Hall–Kier alpha value is -2.08. The van der Waals surface area contributed by atoms with Gasteiger partial charge in [-0.05, 0) is 30.3 Å². The van der Waals surface area contributed by atoms with Gasteiger partial charge in [0.25, 0.3) is 11.7 Å². The fraction of sp³-hybridized carbons (Fsp3) is 0.278. The molecule has 1 amide bonds. The third kappa shape index (κ3) is 2.45. The van der Waals surface area contributed by atoms with Crippen molar-refractivity contribution in [3.63, 3.8) is 0 Å². The van der Waals surface area contributed by atoms with E-state index in [9.17, 15) is 4.79 Å². The van der Waals surface area contributed by atoms with Gasteiger partial charge in [0.2, 0.25) is 0 Å². The molecule has 0 saturated carbocycles. The van der Waals surface area contributed by atoms with Gasteiger partial charge in [-0.15, -0.1) is 0 Å². The number of rotatable bonds is 4. The van der Waals surface area contributed by atoms with Gasteiger partial charge in [-0.1, -0.05) is 29.8 Å². The number of benzene rings is 2. The van der Waals surface area contributed by atoms with Crippen molar-refractivity contribution in [1.29, 1.82) is 0 Å². The molecule has 0 aromatic heterocycles. The fourth-order valence-corrected chi connectivity index (χ4v) is 3.27. The largest absolute Gasteiger partial charge is 0.492 e. The molecule has 0 unspecified atom stereocenters. The Labute approximate surface area is 144 Å². The van der Waals surface area contributed by atoms with Crippen LogP contribution < -0.4 is 9.64 Å². The highest BCUT2D eigenvalue weighted by Gasteiger charge is 2.56. The number of halogens is 1. The Morgan fingerprint density at radius 3 is 2.62 bits per heavy atom. The summed E-state index contributed by atoms with van der Waals surface area (Å²) in [6.07, 6.45) is 0. The van der Waals surface area contributed by atoms with Crippen LogP contribution in [0.2, 0.25) is 5.02 Å². The molecule has 5 nitrogen and oxygen atoms in total. The van der Waals surface area contributed by atoms with E-state index in [1.165, 1.54) is 0 Å². The predicted octanol–water partition coefficient (Wildman–Crippen LogP) is 2.97. The lowest BCUT2D eigenvalue weighted by atomic mass is 10.1. The zero-order chi connectivity index (χ0) is 16.6. The number of amides is 1. The monoisotopic (exact) mass is 345 g/mol. The average molecular weight is 346 g/mol. The summed E-state index contributed by atoms with van der Waals surface area (Å²) in [7, 11) is 0. The molecule has 2 aromatic carbocycles. The molecule has 2 aliphatic rings.